The average Bonchev–Trinajstić information content (AvgIpc) is 2.49. The van der Waals surface area contributed by atoms with Gasteiger partial charge >= 0.3 is 0 Å². The summed E-state index contributed by atoms with van der Waals surface area (Å²) < 4.78 is 22.8. The van der Waals surface area contributed by atoms with Crippen molar-refractivity contribution in [2.24, 2.45) is 5.14 Å². The maximum absolute atomic E-state index is 11.4. The number of nitriles is 1. The van der Waals surface area contributed by atoms with E-state index < -0.39 is 10.0 Å². The quantitative estimate of drug-likeness (QED) is 0.872. The first-order valence-corrected chi connectivity index (χ1v) is 9.15. The largest absolute Gasteiger partial charge is 0.381 e. The van der Waals surface area contributed by atoms with Crippen molar-refractivity contribution in [1.29, 1.82) is 5.26 Å². The standard InChI is InChI=1S/C18H21N3O2S/c1-12-4-5-15(13(2)8-12)9-14(3)21-18-7-6-17(24(20,22)23)10-16(18)11-19/h4-8,10,14,21H,9H2,1-3H3,(H2,20,22,23). The summed E-state index contributed by atoms with van der Waals surface area (Å²) in [7, 11) is -3.82. The molecule has 0 amide bonds. The van der Waals surface area contributed by atoms with Crippen LogP contribution in [-0.2, 0) is 16.4 Å². The van der Waals surface area contributed by atoms with Crippen molar-refractivity contribution in [3.05, 3.63) is 58.7 Å². The molecule has 0 saturated carbocycles. The van der Waals surface area contributed by atoms with Crippen LogP contribution in [0, 0.1) is 25.2 Å². The zero-order valence-electron chi connectivity index (χ0n) is 14.0. The Balaban J connectivity index is 2.20. The van der Waals surface area contributed by atoms with Gasteiger partial charge in [-0.3, -0.25) is 0 Å². The molecule has 0 aliphatic heterocycles. The molecule has 0 fully saturated rings. The fourth-order valence-corrected chi connectivity index (χ4v) is 3.18. The molecule has 0 bridgehead atoms. The zero-order valence-corrected chi connectivity index (χ0v) is 14.8. The molecule has 2 aromatic rings. The molecule has 1 atom stereocenters. The minimum Gasteiger partial charge on any atom is -0.381 e. The van der Waals surface area contributed by atoms with Gasteiger partial charge in [0.25, 0.3) is 0 Å². The van der Waals surface area contributed by atoms with E-state index in [2.05, 4.69) is 37.4 Å². The van der Waals surface area contributed by atoms with Gasteiger partial charge in [-0.05, 0) is 56.5 Å². The smallest absolute Gasteiger partial charge is 0.238 e. The number of sulfonamides is 1. The Bertz CT molecular complexity index is 899. The summed E-state index contributed by atoms with van der Waals surface area (Å²) in [5, 5.41) is 17.6. The lowest BCUT2D eigenvalue weighted by Crippen LogP contribution is -2.20. The maximum Gasteiger partial charge on any atom is 0.238 e. The van der Waals surface area contributed by atoms with E-state index in [0.29, 0.717) is 5.69 Å². The van der Waals surface area contributed by atoms with Gasteiger partial charge in [0, 0.05) is 6.04 Å². The van der Waals surface area contributed by atoms with Gasteiger partial charge in [-0.2, -0.15) is 5.26 Å². The van der Waals surface area contributed by atoms with Crippen molar-refractivity contribution >= 4 is 15.7 Å². The van der Waals surface area contributed by atoms with E-state index in [-0.39, 0.29) is 16.5 Å². The summed E-state index contributed by atoms with van der Waals surface area (Å²) in [5.41, 5.74) is 4.55. The number of nitrogens with one attached hydrogen (secondary N) is 1. The van der Waals surface area contributed by atoms with Gasteiger partial charge in [0.1, 0.15) is 6.07 Å². The van der Waals surface area contributed by atoms with Crippen LogP contribution in [0.5, 0.6) is 0 Å². The molecular weight excluding hydrogens is 322 g/mol. The molecule has 2 rings (SSSR count). The number of anilines is 1. The normalized spacial score (nSPS) is 12.5. The molecule has 2 aromatic carbocycles. The van der Waals surface area contributed by atoms with Crippen LogP contribution in [0.3, 0.4) is 0 Å². The first kappa shape index (κ1) is 18.0. The van der Waals surface area contributed by atoms with E-state index >= 15 is 0 Å². The lowest BCUT2D eigenvalue weighted by Gasteiger charge is -2.18. The fourth-order valence-electron chi connectivity index (χ4n) is 2.64. The Morgan fingerprint density at radius 2 is 1.92 bits per heavy atom. The van der Waals surface area contributed by atoms with Crippen LogP contribution in [0.15, 0.2) is 41.3 Å². The Morgan fingerprint density at radius 3 is 2.50 bits per heavy atom. The molecule has 0 aliphatic carbocycles. The van der Waals surface area contributed by atoms with Crippen molar-refractivity contribution in [3.8, 4) is 6.07 Å². The van der Waals surface area contributed by atoms with Crippen LogP contribution < -0.4 is 10.5 Å². The molecule has 5 nitrogen and oxygen atoms in total. The van der Waals surface area contributed by atoms with Crippen LogP contribution in [0.2, 0.25) is 0 Å². The Labute approximate surface area is 143 Å². The molecule has 24 heavy (non-hydrogen) atoms. The molecular formula is C18H21N3O2S. The number of primary sulfonamides is 1. The first-order chi connectivity index (χ1) is 11.2. The van der Waals surface area contributed by atoms with Crippen LogP contribution in [0.25, 0.3) is 0 Å². The fraction of sp³-hybridized carbons (Fsp3) is 0.278. The lowest BCUT2D eigenvalue weighted by atomic mass is 9.99. The Morgan fingerprint density at radius 1 is 1.21 bits per heavy atom. The third-order valence-electron chi connectivity index (χ3n) is 3.87. The third-order valence-corrected chi connectivity index (χ3v) is 4.78. The highest BCUT2D eigenvalue weighted by atomic mass is 32.2. The summed E-state index contributed by atoms with van der Waals surface area (Å²) in [4.78, 5) is -0.0633. The number of benzene rings is 2. The van der Waals surface area contributed by atoms with Crippen LogP contribution in [0.1, 0.15) is 29.2 Å². The van der Waals surface area contributed by atoms with E-state index in [1.54, 1.807) is 6.07 Å². The number of nitrogens with zero attached hydrogens (tertiary/aromatic N) is 1. The summed E-state index contributed by atoms with van der Waals surface area (Å²) in [6.45, 7) is 6.16. The molecule has 126 valence electrons. The summed E-state index contributed by atoms with van der Waals surface area (Å²) in [6.07, 6.45) is 0.800. The summed E-state index contributed by atoms with van der Waals surface area (Å²) in [5.74, 6) is 0. The number of hydrogen-bond acceptors (Lipinski definition) is 4. The van der Waals surface area contributed by atoms with Crippen molar-refractivity contribution < 1.29 is 8.42 Å². The maximum atomic E-state index is 11.4. The molecule has 0 heterocycles. The second kappa shape index (κ2) is 7.04. The minimum absolute atomic E-state index is 0.0633. The second-order valence-corrected chi connectivity index (χ2v) is 7.61. The van der Waals surface area contributed by atoms with Crippen LogP contribution in [-0.4, -0.2) is 14.5 Å². The highest BCUT2D eigenvalue weighted by molar-refractivity contribution is 7.89. The Kier molecular flexibility index (Phi) is 5.27. The molecule has 0 saturated heterocycles. The van der Waals surface area contributed by atoms with Gasteiger partial charge in [-0.25, -0.2) is 13.6 Å². The molecule has 1 unspecified atom stereocenters. The van der Waals surface area contributed by atoms with E-state index in [1.807, 2.05) is 13.0 Å². The third kappa shape index (κ3) is 4.34. The topological polar surface area (TPSA) is 96.0 Å². The predicted octanol–water partition coefficient (Wildman–Crippen LogP) is 2.87. The SMILES string of the molecule is Cc1ccc(CC(C)Nc2ccc(S(N)(=O)=O)cc2C#N)c(C)c1. The monoisotopic (exact) mass is 343 g/mol. The highest BCUT2D eigenvalue weighted by Gasteiger charge is 2.13. The molecule has 6 heteroatoms. The minimum atomic E-state index is -3.82. The van der Waals surface area contributed by atoms with Gasteiger partial charge in [0.05, 0.1) is 16.1 Å². The summed E-state index contributed by atoms with van der Waals surface area (Å²) >= 11 is 0. The van der Waals surface area contributed by atoms with Gasteiger partial charge in [0.2, 0.25) is 10.0 Å². The van der Waals surface area contributed by atoms with Crippen LogP contribution >= 0.6 is 0 Å². The molecule has 0 aromatic heterocycles. The van der Waals surface area contributed by atoms with E-state index in [0.717, 1.165) is 6.42 Å². The second-order valence-electron chi connectivity index (χ2n) is 6.04. The van der Waals surface area contributed by atoms with Gasteiger partial charge in [-0.1, -0.05) is 23.8 Å². The van der Waals surface area contributed by atoms with Crippen molar-refractivity contribution in [3.63, 3.8) is 0 Å². The number of hydrogen-bond donors (Lipinski definition) is 2. The number of nitrogens with two attached hydrogens (primary N) is 1. The van der Waals surface area contributed by atoms with Crippen molar-refractivity contribution in [2.75, 3.05) is 5.32 Å². The molecule has 0 spiro atoms. The van der Waals surface area contributed by atoms with Gasteiger partial charge in [0.15, 0.2) is 0 Å². The van der Waals surface area contributed by atoms with Gasteiger partial charge < -0.3 is 5.32 Å². The number of rotatable bonds is 5. The Hall–Kier alpha value is -2.36. The van der Waals surface area contributed by atoms with Crippen molar-refractivity contribution in [1.82, 2.24) is 0 Å². The predicted molar refractivity (Wildman–Crippen MR) is 95.2 cm³/mol. The summed E-state index contributed by atoms with van der Waals surface area (Å²) in [6, 6.07) is 12.7. The number of aryl methyl sites for hydroxylation is 2. The first-order valence-electron chi connectivity index (χ1n) is 7.60. The lowest BCUT2D eigenvalue weighted by molar-refractivity contribution is 0.598. The van der Waals surface area contributed by atoms with E-state index in [9.17, 15) is 13.7 Å². The van der Waals surface area contributed by atoms with Crippen LogP contribution in [0.4, 0.5) is 5.69 Å². The zero-order chi connectivity index (χ0) is 17.9. The molecule has 0 radical (unpaired) electrons. The van der Waals surface area contributed by atoms with Gasteiger partial charge in [-0.15, -0.1) is 0 Å². The molecule has 3 N–H and O–H groups in total. The van der Waals surface area contributed by atoms with E-state index in [4.69, 9.17) is 5.14 Å². The van der Waals surface area contributed by atoms with Crippen molar-refractivity contribution in [2.45, 2.75) is 38.1 Å². The van der Waals surface area contributed by atoms with E-state index in [1.165, 1.54) is 28.8 Å². The highest BCUT2D eigenvalue weighted by Crippen LogP contribution is 2.21. The molecule has 0 aliphatic rings. The average molecular weight is 343 g/mol.